The molecular weight excluding hydrogens is 353 g/mol. The van der Waals surface area contributed by atoms with Crippen LogP contribution in [-0.2, 0) is 17.9 Å². The fourth-order valence-electron chi connectivity index (χ4n) is 2.00. The molecule has 8 heteroatoms. The van der Waals surface area contributed by atoms with E-state index in [1.165, 1.54) is 7.11 Å². The number of methoxy groups -OCH3 is 1. The van der Waals surface area contributed by atoms with E-state index in [0.29, 0.717) is 29.6 Å². The molecule has 0 saturated heterocycles. The molecule has 2 rings (SSSR count). The van der Waals surface area contributed by atoms with Gasteiger partial charge in [-0.1, -0.05) is 17.7 Å². The van der Waals surface area contributed by atoms with Gasteiger partial charge in [0.05, 0.1) is 17.8 Å². The van der Waals surface area contributed by atoms with Crippen molar-refractivity contribution in [2.75, 3.05) is 13.7 Å². The van der Waals surface area contributed by atoms with E-state index >= 15 is 0 Å². The Morgan fingerprint density at radius 1 is 1.33 bits per heavy atom. The smallest absolute Gasteiger partial charge is 0.255 e. The minimum absolute atomic E-state index is 0. The number of rotatable bonds is 8. The molecule has 1 aromatic heterocycles. The fourth-order valence-corrected chi connectivity index (χ4v) is 2.28. The second-order valence-electron chi connectivity index (χ2n) is 4.79. The van der Waals surface area contributed by atoms with Crippen LogP contribution in [0.4, 0.5) is 0 Å². The molecular formula is C16H19Cl2N3O3. The second-order valence-corrected chi connectivity index (χ2v) is 5.20. The van der Waals surface area contributed by atoms with Crippen molar-refractivity contribution in [2.45, 2.75) is 13.1 Å². The van der Waals surface area contributed by atoms with Gasteiger partial charge in [-0.05, 0) is 29.8 Å². The predicted molar refractivity (Wildman–Crippen MR) is 94.7 cm³/mol. The van der Waals surface area contributed by atoms with Gasteiger partial charge in [-0.25, -0.2) is 0 Å². The Bertz CT molecular complexity index is 669. The van der Waals surface area contributed by atoms with Gasteiger partial charge < -0.3 is 20.5 Å². The summed E-state index contributed by atoms with van der Waals surface area (Å²) in [5, 5.41) is 3.64. The van der Waals surface area contributed by atoms with Crippen LogP contribution in [0, 0.1) is 0 Å². The molecule has 0 radical (unpaired) electrons. The topological polar surface area (TPSA) is 86.5 Å². The zero-order chi connectivity index (χ0) is 16.7. The first-order valence-corrected chi connectivity index (χ1v) is 7.36. The maximum Gasteiger partial charge on any atom is 0.255 e. The summed E-state index contributed by atoms with van der Waals surface area (Å²) >= 11 is 6.20. The maximum atomic E-state index is 10.8. The summed E-state index contributed by atoms with van der Waals surface area (Å²) in [5.41, 5.74) is 6.95. The summed E-state index contributed by atoms with van der Waals surface area (Å²) < 4.78 is 10.5. The Kier molecular flexibility index (Phi) is 8.32. The maximum absolute atomic E-state index is 10.8. The number of pyridine rings is 1. The first kappa shape index (κ1) is 20.0. The van der Waals surface area contributed by atoms with E-state index in [-0.39, 0.29) is 19.0 Å². The van der Waals surface area contributed by atoms with Crippen LogP contribution in [0.25, 0.3) is 0 Å². The van der Waals surface area contributed by atoms with E-state index in [1.54, 1.807) is 18.3 Å². The molecule has 0 aliphatic heterocycles. The second kappa shape index (κ2) is 9.97. The lowest BCUT2D eigenvalue weighted by atomic mass is 10.2. The van der Waals surface area contributed by atoms with E-state index in [9.17, 15) is 4.79 Å². The largest absolute Gasteiger partial charge is 0.493 e. The minimum Gasteiger partial charge on any atom is -0.493 e. The molecule has 0 aliphatic rings. The van der Waals surface area contributed by atoms with Crippen molar-refractivity contribution >= 4 is 29.9 Å². The first-order chi connectivity index (χ1) is 11.1. The molecule has 1 amide bonds. The number of hydrogen-bond acceptors (Lipinski definition) is 5. The number of primary amides is 1. The fraction of sp³-hybridized carbons (Fsp3) is 0.250. The molecule has 0 saturated carbocycles. The van der Waals surface area contributed by atoms with E-state index in [0.717, 1.165) is 11.3 Å². The van der Waals surface area contributed by atoms with Crippen LogP contribution in [0.5, 0.6) is 11.5 Å². The molecule has 1 aromatic carbocycles. The minimum atomic E-state index is -0.579. The molecule has 6 nitrogen and oxygen atoms in total. The molecule has 2 aromatic rings. The number of nitrogens with one attached hydrogen (secondary N) is 1. The molecule has 0 atom stereocenters. The molecule has 0 aliphatic carbocycles. The SMILES string of the molecule is COc1cc(CNCc2ccccn2)cc(Cl)c1OCC(N)=O.Cl. The monoisotopic (exact) mass is 371 g/mol. The standard InChI is InChI=1S/C16H18ClN3O3.ClH/c1-22-14-7-11(6-13(17)16(14)23-10-15(18)21)8-19-9-12-4-2-3-5-20-12;/h2-7,19H,8-10H2,1H3,(H2,18,21);1H. The highest BCUT2D eigenvalue weighted by Gasteiger charge is 2.13. The van der Waals surface area contributed by atoms with Crippen LogP contribution in [0.1, 0.15) is 11.3 Å². The third-order valence-corrected chi connectivity index (χ3v) is 3.29. The summed E-state index contributed by atoms with van der Waals surface area (Å²) in [4.78, 5) is 15.1. The highest BCUT2D eigenvalue weighted by Crippen LogP contribution is 2.36. The van der Waals surface area contributed by atoms with Crippen LogP contribution in [0.2, 0.25) is 5.02 Å². The number of nitrogens with zero attached hydrogens (tertiary/aromatic N) is 1. The molecule has 3 N–H and O–H groups in total. The van der Waals surface area contributed by atoms with Crippen LogP contribution in [0.3, 0.4) is 0 Å². The molecule has 0 bridgehead atoms. The summed E-state index contributed by atoms with van der Waals surface area (Å²) in [6.07, 6.45) is 1.75. The van der Waals surface area contributed by atoms with Gasteiger partial charge >= 0.3 is 0 Å². The number of carbonyl (C=O) groups excluding carboxylic acids is 1. The summed E-state index contributed by atoms with van der Waals surface area (Å²) in [5.74, 6) is 0.180. The first-order valence-electron chi connectivity index (χ1n) is 6.98. The van der Waals surface area contributed by atoms with E-state index in [2.05, 4.69) is 10.3 Å². The van der Waals surface area contributed by atoms with Crippen molar-refractivity contribution in [2.24, 2.45) is 5.73 Å². The van der Waals surface area contributed by atoms with Crippen molar-refractivity contribution in [3.8, 4) is 11.5 Å². The van der Waals surface area contributed by atoms with E-state index < -0.39 is 5.91 Å². The number of amides is 1. The van der Waals surface area contributed by atoms with Gasteiger partial charge in [0.1, 0.15) is 0 Å². The lowest BCUT2D eigenvalue weighted by molar-refractivity contribution is -0.119. The van der Waals surface area contributed by atoms with Gasteiger partial charge in [0.2, 0.25) is 0 Å². The number of benzene rings is 1. The normalized spacial score (nSPS) is 9.92. The zero-order valence-corrected chi connectivity index (χ0v) is 14.7. The van der Waals surface area contributed by atoms with Gasteiger partial charge in [0.15, 0.2) is 18.1 Å². The number of halogens is 2. The molecule has 0 unspecified atom stereocenters. The molecule has 0 fully saturated rings. The van der Waals surface area contributed by atoms with Crippen molar-refractivity contribution < 1.29 is 14.3 Å². The predicted octanol–water partition coefficient (Wildman–Crippen LogP) is 2.32. The lowest BCUT2D eigenvalue weighted by Gasteiger charge is -2.13. The number of ether oxygens (including phenoxy) is 2. The van der Waals surface area contributed by atoms with Gasteiger partial charge in [-0.2, -0.15) is 0 Å². The number of nitrogens with two attached hydrogens (primary N) is 1. The van der Waals surface area contributed by atoms with Gasteiger partial charge in [0, 0.05) is 19.3 Å². The van der Waals surface area contributed by atoms with Crippen LogP contribution in [0.15, 0.2) is 36.5 Å². The number of aromatic nitrogens is 1. The average Bonchev–Trinajstić information content (AvgIpc) is 2.54. The molecule has 0 spiro atoms. The summed E-state index contributed by atoms with van der Waals surface area (Å²) in [6, 6.07) is 9.31. The Hall–Kier alpha value is -2.02. The van der Waals surface area contributed by atoms with Crippen molar-refractivity contribution in [3.05, 3.63) is 52.8 Å². The summed E-state index contributed by atoms with van der Waals surface area (Å²) in [7, 11) is 1.51. The number of carbonyl (C=O) groups is 1. The van der Waals surface area contributed by atoms with Gasteiger partial charge in [0.25, 0.3) is 5.91 Å². The lowest BCUT2D eigenvalue weighted by Crippen LogP contribution is -2.20. The zero-order valence-electron chi connectivity index (χ0n) is 13.1. The van der Waals surface area contributed by atoms with Crippen molar-refractivity contribution in [3.63, 3.8) is 0 Å². The molecule has 1 heterocycles. The van der Waals surface area contributed by atoms with Crippen molar-refractivity contribution in [1.29, 1.82) is 0 Å². The third kappa shape index (κ3) is 5.88. The Labute approximate surface area is 151 Å². The Morgan fingerprint density at radius 2 is 2.12 bits per heavy atom. The average molecular weight is 372 g/mol. The van der Waals surface area contributed by atoms with Crippen LogP contribution >= 0.6 is 24.0 Å². The highest BCUT2D eigenvalue weighted by molar-refractivity contribution is 6.32. The van der Waals surface area contributed by atoms with E-state index in [4.69, 9.17) is 26.8 Å². The number of hydrogen-bond donors (Lipinski definition) is 2. The Balaban J connectivity index is 0.00000288. The molecule has 130 valence electrons. The Morgan fingerprint density at radius 3 is 2.75 bits per heavy atom. The summed E-state index contributed by atoms with van der Waals surface area (Å²) in [6.45, 7) is 0.969. The third-order valence-electron chi connectivity index (χ3n) is 3.01. The van der Waals surface area contributed by atoms with Crippen LogP contribution in [-0.4, -0.2) is 24.6 Å². The quantitative estimate of drug-likeness (QED) is 0.743. The van der Waals surface area contributed by atoms with Gasteiger partial charge in [-0.15, -0.1) is 12.4 Å². The van der Waals surface area contributed by atoms with E-state index in [1.807, 2.05) is 18.2 Å². The van der Waals surface area contributed by atoms with Gasteiger partial charge in [-0.3, -0.25) is 9.78 Å². The van der Waals surface area contributed by atoms with Crippen molar-refractivity contribution in [1.82, 2.24) is 10.3 Å². The highest BCUT2D eigenvalue weighted by atomic mass is 35.5. The van der Waals surface area contributed by atoms with Crippen LogP contribution < -0.4 is 20.5 Å². The molecule has 24 heavy (non-hydrogen) atoms.